The van der Waals surface area contributed by atoms with Crippen LogP contribution in [0.15, 0.2) is 24.3 Å². The number of rotatable bonds is 4. The van der Waals surface area contributed by atoms with Gasteiger partial charge in [-0.3, -0.25) is 4.79 Å². The molecule has 0 spiro atoms. The second-order valence-corrected chi connectivity index (χ2v) is 5.02. The molecule has 4 heteroatoms. The second-order valence-electron chi connectivity index (χ2n) is 5.02. The van der Waals surface area contributed by atoms with E-state index in [0.29, 0.717) is 5.92 Å². The lowest BCUT2D eigenvalue weighted by atomic mass is 9.90. The number of ether oxygens (including phenoxy) is 1. The zero-order chi connectivity index (χ0) is 13.7. The molecule has 104 valence electrons. The number of piperidine rings is 1. The molecule has 1 heterocycles. The van der Waals surface area contributed by atoms with Gasteiger partial charge < -0.3 is 15.4 Å². The van der Waals surface area contributed by atoms with E-state index in [0.717, 1.165) is 30.8 Å². The van der Waals surface area contributed by atoms with Gasteiger partial charge in [-0.25, -0.2) is 0 Å². The lowest BCUT2D eigenvalue weighted by Crippen LogP contribution is -2.46. The van der Waals surface area contributed by atoms with Crippen LogP contribution in [0.1, 0.15) is 26.2 Å². The van der Waals surface area contributed by atoms with Crippen LogP contribution in [-0.2, 0) is 4.79 Å². The number of nitrogens with one attached hydrogen (secondary N) is 2. The molecule has 0 saturated carbocycles. The van der Waals surface area contributed by atoms with Gasteiger partial charge in [0, 0.05) is 5.69 Å². The van der Waals surface area contributed by atoms with Crippen LogP contribution in [0.25, 0.3) is 0 Å². The lowest BCUT2D eigenvalue weighted by molar-refractivity contribution is -0.119. The number of hydrogen-bond donors (Lipinski definition) is 2. The molecule has 0 aliphatic carbocycles. The molecule has 1 amide bonds. The van der Waals surface area contributed by atoms with Crippen molar-refractivity contribution in [1.82, 2.24) is 5.32 Å². The van der Waals surface area contributed by atoms with Crippen LogP contribution in [-0.4, -0.2) is 25.6 Å². The Balaban J connectivity index is 1.92. The van der Waals surface area contributed by atoms with Gasteiger partial charge >= 0.3 is 0 Å². The molecule has 1 aliphatic rings. The SMILES string of the molecule is CCC1CCNC(C(=O)Nc2ccc(OC)cc2)C1. The zero-order valence-electron chi connectivity index (χ0n) is 11.6. The van der Waals surface area contributed by atoms with E-state index in [9.17, 15) is 4.79 Å². The monoisotopic (exact) mass is 262 g/mol. The molecule has 0 bridgehead atoms. The first-order chi connectivity index (χ1) is 9.22. The summed E-state index contributed by atoms with van der Waals surface area (Å²) in [5.41, 5.74) is 0.811. The Morgan fingerprint density at radius 3 is 2.79 bits per heavy atom. The summed E-state index contributed by atoms with van der Waals surface area (Å²) in [6.07, 6.45) is 3.25. The maximum absolute atomic E-state index is 12.2. The summed E-state index contributed by atoms with van der Waals surface area (Å²) in [4.78, 5) is 12.2. The molecule has 1 fully saturated rings. The largest absolute Gasteiger partial charge is 0.497 e. The first-order valence-corrected chi connectivity index (χ1v) is 6.91. The van der Waals surface area contributed by atoms with E-state index in [1.54, 1.807) is 7.11 Å². The van der Waals surface area contributed by atoms with Crippen molar-refractivity contribution in [2.24, 2.45) is 5.92 Å². The molecule has 1 aliphatic heterocycles. The first kappa shape index (κ1) is 13.9. The minimum Gasteiger partial charge on any atom is -0.497 e. The van der Waals surface area contributed by atoms with Gasteiger partial charge in [0.2, 0.25) is 5.91 Å². The molecule has 2 rings (SSSR count). The zero-order valence-corrected chi connectivity index (χ0v) is 11.6. The highest BCUT2D eigenvalue weighted by Crippen LogP contribution is 2.21. The molecule has 2 N–H and O–H groups in total. The second kappa shape index (κ2) is 6.57. The highest BCUT2D eigenvalue weighted by Gasteiger charge is 2.25. The highest BCUT2D eigenvalue weighted by atomic mass is 16.5. The lowest BCUT2D eigenvalue weighted by Gasteiger charge is -2.28. The molecular formula is C15H22N2O2. The van der Waals surface area contributed by atoms with Crippen molar-refractivity contribution in [3.05, 3.63) is 24.3 Å². The average molecular weight is 262 g/mol. The summed E-state index contributed by atoms with van der Waals surface area (Å²) in [7, 11) is 1.63. The van der Waals surface area contributed by atoms with E-state index >= 15 is 0 Å². The number of benzene rings is 1. The summed E-state index contributed by atoms with van der Waals surface area (Å²) < 4.78 is 5.09. The van der Waals surface area contributed by atoms with Crippen LogP contribution in [0.5, 0.6) is 5.75 Å². The van der Waals surface area contributed by atoms with E-state index in [2.05, 4.69) is 17.6 Å². The summed E-state index contributed by atoms with van der Waals surface area (Å²) in [5, 5.41) is 6.24. The Labute approximate surface area is 114 Å². The van der Waals surface area contributed by atoms with E-state index in [1.807, 2.05) is 24.3 Å². The molecule has 0 radical (unpaired) electrons. The molecule has 2 atom stereocenters. The number of carbonyl (C=O) groups is 1. The molecular weight excluding hydrogens is 240 g/mol. The third-order valence-electron chi connectivity index (χ3n) is 3.76. The van der Waals surface area contributed by atoms with Crippen molar-refractivity contribution in [3.63, 3.8) is 0 Å². The van der Waals surface area contributed by atoms with Crippen molar-refractivity contribution in [2.75, 3.05) is 19.0 Å². The summed E-state index contributed by atoms with van der Waals surface area (Å²) in [6.45, 7) is 3.12. The van der Waals surface area contributed by atoms with E-state index < -0.39 is 0 Å². The molecule has 4 nitrogen and oxygen atoms in total. The van der Waals surface area contributed by atoms with Gasteiger partial charge in [0.15, 0.2) is 0 Å². The molecule has 1 aromatic rings. The van der Waals surface area contributed by atoms with E-state index in [1.165, 1.54) is 6.42 Å². The smallest absolute Gasteiger partial charge is 0.241 e. The number of methoxy groups -OCH3 is 1. The number of amides is 1. The summed E-state index contributed by atoms with van der Waals surface area (Å²) >= 11 is 0. The number of hydrogen-bond acceptors (Lipinski definition) is 3. The van der Waals surface area contributed by atoms with E-state index in [-0.39, 0.29) is 11.9 Å². The maximum atomic E-state index is 12.2. The molecule has 1 saturated heterocycles. The van der Waals surface area contributed by atoms with Gasteiger partial charge in [0.1, 0.15) is 5.75 Å². The third-order valence-corrected chi connectivity index (χ3v) is 3.76. The van der Waals surface area contributed by atoms with Crippen LogP contribution < -0.4 is 15.4 Å². The van der Waals surface area contributed by atoms with Crippen molar-refractivity contribution in [3.8, 4) is 5.75 Å². The molecule has 1 aromatic carbocycles. The summed E-state index contributed by atoms with van der Waals surface area (Å²) in [5.74, 6) is 1.51. The Hall–Kier alpha value is -1.55. The topological polar surface area (TPSA) is 50.4 Å². The van der Waals surface area contributed by atoms with Crippen molar-refractivity contribution >= 4 is 11.6 Å². The van der Waals surface area contributed by atoms with Crippen LogP contribution in [0.4, 0.5) is 5.69 Å². The van der Waals surface area contributed by atoms with Gasteiger partial charge in [0.05, 0.1) is 13.2 Å². The van der Waals surface area contributed by atoms with Crippen LogP contribution in [0.2, 0.25) is 0 Å². The van der Waals surface area contributed by atoms with Gasteiger partial charge in [-0.15, -0.1) is 0 Å². The van der Waals surface area contributed by atoms with Gasteiger partial charge in [-0.05, 0) is 49.6 Å². The Morgan fingerprint density at radius 2 is 2.16 bits per heavy atom. The normalized spacial score (nSPS) is 22.8. The minimum atomic E-state index is -0.0687. The predicted molar refractivity (Wildman–Crippen MR) is 76.4 cm³/mol. The fourth-order valence-electron chi connectivity index (χ4n) is 2.47. The Kier molecular flexibility index (Phi) is 4.80. The van der Waals surface area contributed by atoms with Crippen LogP contribution >= 0.6 is 0 Å². The quantitative estimate of drug-likeness (QED) is 0.876. The van der Waals surface area contributed by atoms with Gasteiger partial charge in [-0.2, -0.15) is 0 Å². The number of anilines is 1. The van der Waals surface area contributed by atoms with Crippen molar-refractivity contribution < 1.29 is 9.53 Å². The van der Waals surface area contributed by atoms with Crippen molar-refractivity contribution in [2.45, 2.75) is 32.2 Å². The van der Waals surface area contributed by atoms with Gasteiger partial charge in [-0.1, -0.05) is 13.3 Å². The predicted octanol–water partition coefficient (Wildman–Crippen LogP) is 2.41. The maximum Gasteiger partial charge on any atom is 0.241 e. The Morgan fingerprint density at radius 1 is 1.42 bits per heavy atom. The fraction of sp³-hybridized carbons (Fsp3) is 0.533. The molecule has 0 aromatic heterocycles. The average Bonchev–Trinajstić information content (AvgIpc) is 2.48. The Bertz CT molecular complexity index is 417. The minimum absolute atomic E-state index is 0.0586. The standard InChI is InChI=1S/C15H22N2O2/c1-3-11-8-9-16-14(10-11)15(18)17-12-4-6-13(19-2)7-5-12/h4-7,11,14,16H,3,8-10H2,1-2H3,(H,17,18). The van der Waals surface area contributed by atoms with Crippen LogP contribution in [0.3, 0.4) is 0 Å². The first-order valence-electron chi connectivity index (χ1n) is 6.91. The molecule has 2 unspecified atom stereocenters. The third kappa shape index (κ3) is 3.70. The fourth-order valence-corrected chi connectivity index (χ4v) is 2.47. The van der Waals surface area contributed by atoms with Crippen LogP contribution in [0, 0.1) is 5.92 Å². The highest BCUT2D eigenvalue weighted by molar-refractivity contribution is 5.94. The van der Waals surface area contributed by atoms with Gasteiger partial charge in [0.25, 0.3) is 0 Å². The molecule has 19 heavy (non-hydrogen) atoms. The number of carbonyl (C=O) groups excluding carboxylic acids is 1. The van der Waals surface area contributed by atoms with Crippen molar-refractivity contribution in [1.29, 1.82) is 0 Å². The summed E-state index contributed by atoms with van der Waals surface area (Å²) in [6, 6.07) is 7.34. The van der Waals surface area contributed by atoms with E-state index in [4.69, 9.17) is 4.74 Å².